The van der Waals surface area contributed by atoms with Crippen LogP contribution in [0.3, 0.4) is 0 Å². The van der Waals surface area contributed by atoms with Crippen LogP contribution in [-0.4, -0.2) is 4.98 Å². The lowest BCUT2D eigenvalue weighted by Crippen LogP contribution is -2.04. The van der Waals surface area contributed by atoms with E-state index in [1.165, 1.54) is 0 Å². The van der Waals surface area contributed by atoms with E-state index < -0.39 is 12.0 Å². The van der Waals surface area contributed by atoms with E-state index in [9.17, 15) is 8.78 Å². The van der Waals surface area contributed by atoms with Crippen molar-refractivity contribution in [3.8, 4) is 6.07 Å². The van der Waals surface area contributed by atoms with Gasteiger partial charge < -0.3 is 5.73 Å². The minimum absolute atomic E-state index is 0.0319. The molecule has 2 N–H and O–H groups in total. The first-order valence-corrected chi connectivity index (χ1v) is 4.16. The molecule has 0 aliphatic carbocycles. The normalized spacial score (nSPS) is 10.2. The van der Waals surface area contributed by atoms with Gasteiger partial charge in [0.05, 0.1) is 11.1 Å². The highest BCUT2D eigenvalue weighted by molar-refractivity contribution is 6.17. The molecule has 0 amide bonds. The second kappa shape index (κ2) is 4.20. The minimum Gasteiger partial charge on any atom is -0.383 e. The molecule has 6 heteroatoms. The van der Waals surface area contributed by atoms with E-state index in [-0.39, 0.29) is 22.8 Å². The molecule has 0 unspecified atom stereocenters. The molecule has 3 nitrogen and oxygen atoms in total. The van der Waals surface area contributed by atoms with Crippen LogP contribution in [-0.2, 0) is 5.88 Å². The fraction of sp³-hybridized carbons (Fsp3) is 0.250. The average Bonchev–Trinajstić information content (AvgIpc) is 2.16. The fourth-order valence-electron chi connectivity index (χ4n) is 1.07. The van der Waals surface area contributed by atoms with E-state index in [0.717, 1.165) is 6.20 Å². The molecule has 0 aliphatic rings. The maximum atomic E-state index is 12.5. The highest BCUT2D eigenvalue weighted by Gasteiger charge is 2.20. The Hall–Kier alpha value is -1.41. The maximum absolute atomic E-state index is 12.5. The third-order valence-electron chi connectivity index (χ3n) is 1.73. The van der Waals surface area contributed by atoms with Gasteiger partial charge in [-0.15, -0.1) is 11.6 Å². The first kappa shape index (κ1) is 10.7. The predicted molar refractivity (Wildman–Crippen MR) is 47.9 cm³/mol. The molecule has 0 radical (unpaired) electrons. The third-order valence-corrected chi connectivity index (χ3v) is 2.00. The number of pyridine rings is 1. The molecule has 1 rings (SSSR count). The van der Waals surface area contributed by atoms with Gasteiger partial charge in [-0.1, -0.05) is 0 Å². The van der Waals surface area contributed by atoms with Crippen LogP contribution in [0.1, 0.15) is 23.1 Å². The van der Waals surface area contributed by atoms with Crippen molar-refractivity contribution in [2.75, 3.05) is 5.73 Å². The Bertz CT molecular complexity index is 387. The number of nitrogen functional groups attached to an aromatic ring is 1. The Morgan fingerprint density at radius 2 is 2.29 bits per heavy atom. The topological polar surface area (TPSA) is 62.7 Å². The smallest absolute Gasteiger partial charge is 0.267 e. The second-order valence-corrected chi connectivity index (χ2v) is 2.76. The molecule has 0 aliphatic heterocycles. The Morgan fingerprint density at radius 1 is 1.64 bits per heavy atom. The van der Waals surface area contributed by atoms with E-state index in [1.807, 2.05) is 0 Å². The molecule has 14 heavy (non-hydrogen) atoms. The number of nitrogens with zero attached hydrogens (tertiary/aromatic N) is 2. The molecule has 0 aromatic carbocycles. The van der Waals surface area contributed by atoms with Crippen LogP contribution in [0.5, 0.6) is 0 Å². The number of nitrogens with two attached hydrogens (primary N) is 1. The van der Waals surface area contributed by atoms with Gasteiger partial charge in [-0.2, -0.15) is 5.26 Å². The highest BCUT2D eigenvalue weighted by atomic mass is 35.5. The monoisotopic (exact) mass is 217 g/mol. The third kappa shape index (κ3) is 1.75. The molecule has 1 aromatic heterocycles. The number of hydrogen-bond acceptors (Lipinski definition) is 3. The molecule has 0 saturated carbocycles. The van der Waals surface area contributed by atoms with Crippen molar-refractivity contribution < 1.29 is 8.78 Å². The summed E-state index contributed by atoms with van der Waals surface area (Å²) in [6, 6.07) is 1.73. The molecule has 1 heterocycles. The lowest BCUT2D eigenvalue weighted by molar-refractivity contribution is 0.151. The van der Waals surface area contributed by atoms with Crippen LogP contribution >= 0.6 is 11.6 Å². The van der Waals surface area contributed by atoms with Crippen LogP contribution in [0.2, 0.25) is 0 Å². The Balaban J connectivity index is 3.45. The summed E-state index contributed by atoms with van der Waals surface area (Å²) < 4.78 is 25.0. The summed E-state index contributed by atoms with van der Waals surface area (Å²) in [7, 11) is 0. The number of hydrogen-bond donors (Lipinski definition) is 1. The van der Waals surface area contributed by atoms with Gasteiger partial charge in [0.2, 0.25) is 0 Å². The van der Waals surface area contributed by atoms with Gasteiger partial charge in [-0.05, 0) is 5.56 Å². The summed E-state index contributed by atoms with van der Waals surface area (Å²) in [6.07, 6.45) is -1.64. The zero-order valence-corrected chi connectivity index (χ0v) is 7.72. The first-order valence-electron chi connectivity index (χ1n) is 3.63. The first-order chi connectivity index (χ1) is 6.61. The van der Waals surface area contributed by atoms with Crippen LogP contribution in [0.15, 0.2) is 6.20 Å². The van der Waals surface area contributed by atoms with Gasteiger partial charge in [0, 0.05) is 12.1 Å². The van der Waals surface area contributed by atoms with Crippen molar-refractivity contribution in [2.45, 2.75) is 12.3 Å². The standard InChI is InChI=1S/C8H6ClF2N3/c9-1-5-4(2-12)3-14-8(13)6(5)7(10)11/h3,7H,1H2,(H2,13,14). The van der Waals surface area contributed by atoms with E-state index in [2.05, 4.69) is 4.98 Å². The molecule has 1 aromatic rings. The van der Waals surface area contributed by atoms with Crippen molar-refractivity contribution in [1.29, 1.82) is 5.26 Å². The summed E-state index contributed by atoms with van der Waals surface area (Å²) in [5.74, 6) is -0.468. The van der Waals surface area contributed by atoms with Gasteiger partial charge in [-0.3, -0.25) is 0 Å². The summed E-state index contributed by atoms with van der Waals surface area (Å²) in [4.78, 5) is 3.50. The van der Waals surface area contributed by atoms with Gasteiger partial charge in [-0.25, -0.2) is 13.8 Å². The minimum atomic E-state index is -2.77. The number of alkyl halides is 3. The van der Waals surface area contributed by atoms with Crippen LogP contribution in [0.25, 0.3) is 0 Å². The number of aromatic nitrogens is 1. The zero-order chi connectivity index (χ0) is 10.7. The summed E-state index contributed by atoms with van der Waals surface area (Å²) >= 11 is 5.46. The second-order valence-electron chi connectivity index (χ2n) is 2.50. The van der Waals surface area contributed by atoms with E-state index >= 15 is 0 Å². The predicted octanol–water partition coefficient (Wildman–Crippen LogP) is 2.21. The van der Waals surface area contributed by atoms with Gasteiger partial charge in [0.25, 0.3) is 6.43 Å². The van der Waals surface area contributed by atoms with Gasteiger partial charge in [0.15, 0.2) is 0 Å². The summed E-state index contributed by atoms with van der Waals surface area (Å²) in [6.45, 7) is 0. The van der Waals surface area contributed by atoms with Gasteiger partial charge >= 0.3 is 0 Å². The lowest BCUT2D eigenvalue weighted by Gasteiger charge is -2.09. The Kier molecular flexibility index (Phi) is 3.20. The number of rotatable bonds is 2. The highest BCUT2D eigenvalue weighted by Crippen LogP contribution is 2.30. The number of halogens is 3. The summed E-state index contributed by atoms with van der Waals surface area (Å²) in [5.41, 5.74) is 4.90. The SMILES string of the molecule is N#Cc1cnc(N)c(C(F)F)c1CCl. The molecular formula is C8H6ClF2N3. The Labute approximate surface area is 84.1 Å². The molecule has 0 atom stereocenters. The fourth-order valence-corrected chi connectivity index (χ4v) is 1.35. The van der Waals surface area contributed by atoms with Crippen molar-refractivity contribution in [2.24, 2.45) is 0 Å². The van der Waals surface area contributed by atoms with Crippen molar-refractivity contribution in [3.63, 3.8) is 0 Å². The van der Waals surface area contributed by atoms with Crippen LogP contribution < -0.4 is 5.73 Å². The zero-order valence-electron chi connectivity index (χ0n) is 6.97. The van der Waals surface area contributed by atoms with E-state index in [0.29, 0.717) is 0 Å². The van der Waals surface area contributed by atoms with E-state index in [1.54, 1.807) is 6.07 Å². The molecule has 74 valence electrons. The molecular weight excluding hydrogens is 212 g/mol. The maximum Gasteiger partial charge on any atom is 0.267 e. The van der Waals surface area contributed by atoms with E-state index in [4.69, 9.17) is 22.6 Å². The van der Waals surface area contributed by atoms with Crippen LogP contribution in [0, 0.1) is 11.3 Å². The lowest BCUT2D eigenvalue weighted by atomic mass is 10.1. The van der Waals surface area contributed by atoms with Crippen molar-refractivity contribution >= 4 is 17.4 Å². The molecule has 0 bridgehead atoms. The molecule has 0 saturated heterocycles. The van der Waals surface area contributed by atoms with Crippen molar-refractivity contribution in [1.82, 2.24) is 4.98 Å². The number of nitriles is 1. The van der Waals surface area contributed by atoms with Crippen molar-refractivity contribution in [3.05, 3.63) is 22.9 Å². The largest absolute Gasteiger partial charge is 0.383 e. The van der Waals surface area contributed by atoms with Gasteiger partial charge in [0.1, 0.15) is 11.9 Å². The quantitative estimate of drug-likeness (QED) is 0.773. The average molecular weight is 218 g/mol. The molecule has 0 fully saturated rings. The number of anilines is 1. The van der Waals surface area contributed by atoms with Crippen LogP contribution in [0.4, 0.5) is 14.6 Å². The molecule has 0 spiro atoms. The summed E-state index contributed by atoms with van der Waals surface area (Å²) in [5, 5.41) is 8.61. The Morgan fingerprint density at radius 3 is 2.71 bits per heavy atom.